The predicted molar refractivity (Wildman–Crippen MR) is 135 cm³/mol. The molecule has 1 saturated carbocycles. The van der Waals surface area contributed by atoms with Crippen LogP contribution in [0.1, 0.15) is 52.1 Å². The number of amides is 3. The maximum atomic E-state index is 13.0. The predicted octanol–water partition coefficient (Wildman–Crippen LogP) is 4.77. The second kappa shape index (κ2) is 10.2. The molecule has 3 amide bonds. The molecule has 3 aromatic rings. The van der Waals surface area contributed by atoms with Crippen molar-refractivity contribution in [2.24, 2.45) is 0 Å². The summed E-state index contributed by atoms with van der Waals surface area (Å²) in [5, 5.41) is 7.48. The normalized spacial score (nSPS) is 20.4. The van der Waals surface area contributed by atoms with Crippen molar-refractivity contribution < 1.29 is 19.1 Å². The van der Waals surface area contributed by atoms with Gasteiger partial charge in [-0.3, -0.25) is 14.5 Å². The molecule has 2 fully saturated rings. The highest BCUT2D eigenvalue weighted by Gasteiger charge is 2.29. The SMILES string of the molecule is O=C(NC1CCCCC1NC(=O)c1cc2ccc(Cl)nc2s1)c1ccc(N2CCCOC2=O)cc1. The Morgan fingerprint density at radius 2 is 1.71 bits per heavy atom. The first-order valence-corrected chi connectivity index (χ1v) is 12.9. The fourth-order valence-electron chi connectivity index (χ4n) is 4.55. The first-order chi connectivity index (χ1) is 17.0. The van der Waals surface area contributed by atoms with Gasteiger partial charge in [0, 0.05) is 35.3 Å². The molecule has 2 aromatic heterocycles. The monoisotopic (exact) mass is 512 g/mol. The second-order valence-electron chi connectivity index (χ2n) is 8.75. The van der Waals surface area contributed by atoms with Crippen molar-refractivity contribution in [3.05, 3.63) is 58.1 Å². The van der Waals surface area contributed by atoms with Crippen molar-refractivity contribution in [2.45, 2.75) is 44.2 Å². The summed E-state index contributed by atoms with van der Waals surface area (Å²) >= 11 is 7.27. The van der Waals surface area contributed by atoms with Crippen LogP contribution in [0.15, 0.2) is 42.5 Å². The Morgan fingerprint density at radius 1 is 1.00 bits per heavy atom. The quantitative estimate of drug-likeness (QED) is 0.480. The summed E-state index contributed by atoms with van der Waals surface area (Å²) in [7, 11) is 0. The summed E-state index contributed by atoms with van der Waals surface area (Å²) in [6, 6.07) is 12.0. The van der Waals surface area contributed by atoms with E-state index in [4.69, 9.17) is 16.3 Å². The maximum Gasteiger partial charge on any atom is 0.414 e. The minimum Gasteiger partial charge on any atom is -0.449 e. The summed E-state index contributed by atoms with van der Waals surface area (Å²) in [4.78, 5) is 45.0. The molecule has 0 spiro atoms. The number of anilines is 1. The molecule has 1 aromatic carbocycles. The van der Waals surface area contributed by atoms with E-state index in [-0.39, 0.29) is 30.0 Å². The third kappa shape index (κ3) is 5.26. The van der Waals surface area contributed by atoms with Gasteiger partial charge >= 0.3 is 6.09 Å². The molecule has 35 heavy (non-hydrogen) atoms. The average molecular weight is 513 g/mol. The smallest absolute Gasteiger partial charge is 0.414 e. The van der Waals surface area contributed by atoms with E-state index < -0.39 is 0 Å². The first-order valence-electron chi connectivity index (χ1n) is 11.7. The van der Waals surface area contributed by atoms with Crippen LogP contribution in [0.3, 0.4) is 0 Å². The van der Waals surface area contributed by atoms with Crippen LogP contribution >= 0.6 is 22.9 Å². The van der Waals surface area contributed by atoms with E-state index in [2.05, 4.69) is 15.6 Å². The molecular weight excluding hydrogens is 488 g/mol. The Balaban J connectivity index is 1.24. The van der Waals surface area contributed by atoms with E-state index >= 15 is 0 Å². The van der Waals surface area contributed by atoms with Crippen molar-refractivity contribution >= 4 is 56.7 Å². The van der Waals surface area contributed by atoms with Crippen molar-refractivity contribution in [3.63, 3.8) is 0 Å². The van der Waals surface area contributed by atoms with Crippen molar-refractivity contribution in [1.29, 1.82) is 0 Å². The lowest BCUT2D eigenvalue weighted by Crippen LogP contribution is -2.53. The molecule has 2 aliphatic rings. The van der Waals surface area contributed by atoms with Gasteiger partial charge in [-0.15, -0.1) is 11.3 Å². The highest BCUT2D eigenvalue weighted by atomic mass is 35.5. The minimum absolute atomic E-state index is 0.163. The number of ether oxygens (including phenoxy) is 1. The molecule has 1 aliphatic carbocycles. The van der Waals surface area contributed by atoms with Gasteiger partial charge in [0.25, 0.3) is 11.8 Å². The van der Waals surface area contributed by atoms with Crippen LogP contribution < -0.4 is 15.5 Å². The molecule has 1 aliphatic heterocycles. The van der Waals surface area contributed by atoms with Crippen molar-refractivity contribution in [1.82, 2.24) is 15.6 Å². The maximum absolute atomic E-state index is 13.0. The standard InChI is InChI=1S/C25H25ClN4O4S/c26-21-11-8-16-14-20(35-24(16)29-21)23(32)28-19-5-2-1-4-18(19)27-22(31)15-6-9-17(10-7-15)30-12-3-13-34-25(30)33/h6-11,14,18-19H,1-5,12-13H2,(H,27,31)(H,28,32). The molecule has 1 saturated heterocycles. The fourth-order valence-corrected chi connectivity index (χ4v) is 5.69. The molecule has 2 atom stereocenters. The average Bonchev–Trinajstić information content (AvgIpc) is 3.29. The molecule has 0 radical (unpaired) electrons. The van der Waals surface area contributed by atoms with E-state index in [0.29, 0.717) is 34.4 Å². The number of hydrogen-bond acceptors (Lipinski definition) is 6. The number of nitrogens with one attached hydrogen (secondary N) is 2. The number of thiophene rings is 1. The van der Waals surface area contributed by atoms with Gasteiger partial charge in [-0.25, -0.2) is 9.78 Å². The number of cyclic esters (lactones) is 1. The lowest BCUT2D eigenvalue weighted by Gasteiger charge is -2.32. The highest BCUT2D eigenvalue weighted by Crippen LogP contribution is 2.27. The van der Waals surface area contributed by atoms with Crippen LogP contribution in [0.2, 0.25) is 5.15 Å². The number of halogens is 1. The van der Waals surface area contributed by atoms with Gasteiger partial charge in [-0.05, 0) is 61.7 Å². The van der Waals surface area contributed by atoms with Gasteiger partial charge in [-0.2, -0.15) is 0 Å². The Bertz CT molecular complexity index is 1260. The molecule has 3 heterocycles. The minimum atomic E-state index is -0.369. The molecule has 182 valence electrons. The van der Waals surface area contributed by atoms with E-state index in [9.17, 15) is 14.4 Å². The van der Waals surface area contributed by atoms with Gasteiger partial charge in [0.1, 0.15) is 9.98 Å². The number of carbonyl (C=O) groups is 3. The van der Waals surface area contributed by atoms with Gasteiger partial charge in [0.2, 0.25) is 0 Å². The molecule has 2 N–H and O–H groups in total. The lowest BCUT2D eigenvalue weighted by atomic mass is 9.90. The van der Waals surface area contributed by atoms with Crippen molar-refractivity contribution in [2.75, 3.05) is 18.1 Å². The molecule has 2 unspecified atom stereocenters. The zero-order valence-electron chi connectivity index (χ0n) is 19.0. The number of fused-ring (bicyclic) bond motifs is 1. The molecule has 0 bridgehead atoms. The molecule has 5 rings (SSSR count). The summed E-state index contributed by atoms with van der Waals surface area (Å²) in [6.45, 7) is 1.03. The number of benzene rings is 1. The Hall–Kier alpha value is -3.17. The number of aromatic nitrogens is 1. The van der Waals surface area contributed by atoms with Crippen molar-refractivity contribution in [3.8, 4) is 0 Å². The second-order valence-corrected chi connectivity index (χ2v) is 10.2. The van der Waals surface area contributed by atoms with Crippen LogP contribution in [0.25, 0.3) is 10.2 Å². The first kappa shape index (κ1) is 23.6. The van der Waals surface area contributed by atoms with Gasteiger partial charge in [0.15, 0.2) is 0 Å². The summed E-state index contributed by atoms with van der Waals surface area (Å²) in [5.74, 6) is -0.377. The van der Waals surface area contributed by atoms with Crippen LogP contribution in [0, 0.1) is 0 Å². The zero-order chi connectivity index (χ0) is 24.4. The Labute approximate surface area is 211 Å². The summed E-state index contributed by atoms with van der Waals surface area (Å²) < 4.78 is 5.09. The molecule has 10 heteroatoms. The number of hydrogen-bond donors (Lipinski definition) is 2. The van der Waals surface area contributed by atoms with Crippen LogP contribution in [-0.2, 0) is 4.74 Å². The number of rotatable bonds is 5. The van der Waals surface area contributed by atoms with Crippen LogP contribution in [-0.4, -0.2) is 48.1 Å². The number of pyridine rings is 1. The molecule has 8 nitrogen and oxygen atoms in total. The lowest BCUT2D eigenvalue weighted by molar-refractivity contribution is 0.0865. The highest BCUT2D eigenvalue weighted by molar-refractivity contribution is 7.20. The largest absolute Gasteiger partial charge is 0.449 e. The van der Waals surface area contributed by atoms with E-state index in [0.717, 1.165) is 42.3 Å². The topological polar surface area (TPSA) is 101 Å². The zero-order valence-corrected chi connectivity index (χ0v) is 20.5. The van der Waals surface area contributed by atoms with Gasteiger partial charge in [-0.1, -0.05) is 24.4 Å². The molecular formula is C25H25ClN4O4S. The number of carbonyl (C=O) groups excluding carboxylic acids is 3. The third-order valence-corrected chi connectivity index (χ3v) is 7.64. The van der Waals surface area contributed by atoms with E-state index in [1.165, 1.54) is 11.3 Å². The Kier molecular flexibility index (Phi) is 6.88. The van der Waals surface area contributed by atoms with E-state index in [1.54, 1.807) is 35.2 Å². The van der Waals surface area contributed by atoms with Crippen LogP contribution in [0.5, 0.6) is 0 Å². The summed E-state index contributed by atoms with van der Waals surface area (Å²) in [6.07, 6.45) is 3.96. The van der Waals surface area contributed by atoms with Gasteiger partial charge in [0.05, 0.1) is 11.5 Å². The third-order valence-electron chi connectivity index (χ3n) is 6.38. The van der Waals surface area contributed by atoms with Crippen LogP contribution in [0.4, 0.5) is 10.5 Å². The van der Waals surface area contributed by atoms with E-state index in [1.807, 2.05) is 12.1 Å². The Morgan fingerprint density at radius 3 is 2.43 bits per heavy atom. The fraction of sp³-hybridized carbons (Fsp3) is 0.360. The summed E-state index contributed by atoms with van der Waals surface area (Å²) in [5.41, 5.74) is 1.20. The number of nitrogens with zero attached hydrogens (tertiary/aromatic N) is 2. The van der Waals surface area contributed by atoms with Gasteiger partial charge < -0.3 is 15.4 Å².